The van der Waals surface area contributed by atoms with E-state index in [1.54, 1.807) is 34.3 Å². The fourth-order valence-corrected chi connectivity index (χ4v) is 4.15. The zero-order valence-electron chi connectivity index (χ0n) is 17.0. The first-order valence-corrected chi connectivity index (χ1v) is 10.2. The molecule has 1 fully saturated rings. The van der Waals surface area contributed by atoms with Crippen LogP contribution in [0.2, 0.25) is 0 Å². The van der Waals surface area contributed by atoms with Gasteiger partial charge in [0, 0.05) is 44.6 Å². The summed E-state index contributed by atoms with van der Waals surface area (Å²) in [6, 6.07) is 3.12. The lowest BCUT2D eigenvalue weighted by atomic mass is 9.99. The number of aromatic nitrogens is 3. The van der Waals surface area contributed by atoms with Crippen LogP contribution >= 0.6 is 0 Å². The Kier molecular flexibility index (Phi) is 5.89. The number of methoxy groups -OCH3 is 1. The van der Waals surface area contributed by atoms with Crippen LogP contribution in [0.25, 0.3) is 0 Å². The normalized spacial score (nSPS) is 18.8. The van der Waals surface area contributed by atoms with E-state index in [4.69, 9.17) is 9.72 Å². The smallest absolute Gasteiger partial charge is 0.256 e. The Morgan fingerprint density at radius 2 is 2.03 bits per heavy atom. The first-order valence-electron chi connectivity index (χ1n) is 10.2. The minimum Gasteiger partial charge on any atom is -0.375 e. The predicted molar refractivity (Wildman–Crippen MR) is 108 cm³/mol. The zero-order chi connectivity index (χ0) is 21.1. The maximum atomic E-state index is 13.1. The molecule has 4 rings (SSSR count). The molecule has 2 amide bonds. The SMILES string of the molecule is COCC(=O)N1CCc2nc([C@H]3CCCCN3C(=O)c3ccncc3)[nH]c(=O)c2C1. The first kappa shape index (κ1) is 20.2. The molecule has 0 spiro atoms. The molecule has 1 saturated heterocycles. The van der Waals surface area contributed by atoms with E-state index >= 15 is 0 Å². The van der Waals surface area contributed by atoms with Gasteiger partial charge in [0.2, 0.25) is 5.91 Å². The number of aromatic amines is 1. The standard InChI is InChI=1S/C21H25N5O4/c1-30-13-18(27)25-11-7-16-15(12-25)20(28)24-19(23-16)17-4-2-3-10-26(17)21(29)14-5-8-22-9-6-14/h5-6,8-9,17H,2-4,7,10-13H2,1H3,(H,23,24,28)/t17-/m1/s1. The van der Waals surface area contributed by atoms with Gasteiger partial charge in [-0.15, -0.1) is 0 Å². The first-order chi connectivity index (χ1) is 14.6. The molecule has 1 atom stereocenters. The van der Waals surface area contributed by atoms with Crippen LogP contribution in [-0.2, 0) is 22.5 Å². The summed E-state index contributed by atoms with van der Waals surface area (Å²) in [7, 11) is 1.47. The van der Waals surface area contributed by atoms with Crippen LogP contribution in [0.15, 0.2) is 29.3 Å². The molecule has 0 radical (unpaired) electrons. The van der Waals surface area contributed by atoms with Crippen LogP contribution in [0.5, 0.6) is 0 Å². The largest absolute Gasteiger partial charge is 0.375 e. The lowest BCUT2D eigenvalue weighted by Gasteiger charge is -2.36. The molecule has 1 N–H and O–H groups in total. The quantitative estimate of drug-likeness (QED) is 0.806. The van der Waals surface area contributed by atoms with Crippen LogP contribution in [0.4, 0.5) is 0 Å². The molecule has 0 bridgehead atoms. The summed E-state index contributed by atoms with van der Waals surface area (Å²) < 4.78 is 4.91. The predicted octanol–water partition coefficient (Wildman–Crippen LogP) is 1.06. The second kappa shape index (κ2) is 8.74. The number of likely N-dealkylation sites (tertiary alicyclic amines) is 1. The monoisotopic (exact) mass is 411 g/mol. The van der Waals surface area contributed by atoms with Gasteiger partial charge in [-0.2, -0.15) is 0 Å². The zero-order valence-corrected chi connectivity index (χ0v) is 17.0. The van der Waals surface area contributed by atoms with Crippen molar-refractivity contribution in [3.05, 3.63) is 57.5 Å². The molecule has 30 heavy (non-hydrogen) atoms. The van der Waals surface area contributed by atoms with E-state index in [0.29, 0.717) is 42.2 Å². The molecule has 2 aliphatic rings. The minimum atomic E-state index is -0.273. The molecule has 2 aromatic rings. The highest BCUT2D eigenvalue weighted by atomic mass is 16.5. The number of hydrogen-bond acceptors (Lipinski definition) is 6. The lowest BCUT2D eigenvalue weighted by Crippen LogP contribution is -2.43. The van der Waals surface area contributed by atoms with E-state index in [9.17, 15) is 14.4 Å². The highest BCUT2D eigenvalue weighted by Crippen LogP contribution is 2.30. The summed E-state index contributed by atoms with van der Waals surface area (Å²) in [6.45, 7) is 1.33. The second-order valence-corrected chi connectivity index (χ2v) is 7.62. The van der Waals surface area contributed by atoms with Gasteiger partial charge in [0.05, 0.1) is 23.8 Å². The summed E-state index contributed by atoms with van der Waals surface area (Å²) in [5.41, 5.74) is 1.55. The number of rotatable bonds is 4. The third-order valence-corrected chi connectivity index (χ3v) is 5.71. The third kappa shape index (κ3) is 3.97. The van der Waals surface area contributed by atoms with Crippen LogP contribution in [0.1, 0.15) is 52.7 Å². The van der Waals surface area contributed by atoms with Crippen molar-refractivity contribution in [2.45, 2.75) is 38.3 Å². The van der Waals surface area contributed by atoms with Crippen molar-refractivity contribution in [3.63, 3.8) is 0 Å². The van der Waals surface area contributed by atoms with Crippen molar-refractivity contribution in [1.82, 2.24) is 24.8 Å². The number of nitrogens with one attached hydrogen (secondary N) is 1. The average molecular weight is 411 g/mol. The molecule has 9 heteroatoms. The number of fused-ring (bicyclic) bond motifs is 1. The Balaban J connectivity index is 1.61. The molecule has 0 aliphatic carbocycles. The molecule has 2 aromatic heterocycles. The molecule has 4 heterocycles. The minimum absolute atomic E-state index is 0.00704. The lowest BCUT2D eigenvalue weighted by molar-refractivity contribution is -0.136. The van der Waals surface area contributed by atoms with Crippen LogP contribution in [0.3, 0.4) is 0 Å². The topological polar surface area (TPSA) is 108 Å². The number of carbonyl (C=O) groups is 2. The second-order valence-electron chi connectivity index (χ2n) is 7.62. The number of carbonyl (C=O) groups excluding carboxylic acids is 2. The summed E-state index contributed by atoms with van der Waals surface area (Å²) >= 11 is 0. The van der Waals surface area contributed by atoms with Gasteiger partial charge in [-0.25, -0.2) is 4.98 Å². The summed E-state index contributed by atoms with van der Waals surface area (Å²) in [5.74, 6) is 0.296. The molecule has 0 saturated carbocycles. The summed E-state index contributed by atoms with van der Waals surface area (Å²) in [4.78, 5) is 53.0. The van der Waals surface area contributed by atoms with Gasteiger partial charge < -0.3 is 19.5 Å². The van der Waals surface area contributed by atoms with E-state index in [1.807, 2.05) is 0 Å². The number of hydrogen-bond donors (Lipinski definition) is 1. The van der Waals surface area contributed by atoms with E-state index in [0.717, 1.165) is 19.3 Å². The number of H-pyrrole nitrogens is 1. The number of amides is 2. The fraction of sp³-hybridized carbons (Fsp3) is 0.476. The van der Waals surface area contributed by atoms with Gasteiger partial charge >= 0.3 is 0 Å². The molecule has 9 nitrogen and oxygen atoms in total. The van der Waals surface area contributed by atoms with Gasteiger partial charge in [0.15, 0.2) is 0 Å². The van der Waals surface area contributed by atoms with E-state index in [-0.39, 0.29) is 36.6 Å². The Hall–Kier alpha value is -3.07. The van der Waals surface area contributed by atoms with E-state index in [1.165, 1.54) is 7.11 Å². The van der Waals surface area contributed by atoms with Crippen molar-refractivity contribution in [2.24, 2.45) is 0 Å². The highest BCUT2D eigenvalue weighted by Gasteiger charge is 2.32. The Morgan fingerprint density at radius 3 is 2.80 bits per heavy atom. The van der Waals surface area contributed by atoms with Crippen molar-refractivity contribution in [2.75, 3.05) is 26.8 Å². The van der Waals surface area contributed by atoms with Gasteiger partial charge in [-0.3, -0.25) is 19.4 Å². The van der Waals surface area contributed by atoms with Crippen molar-refractivity contribution < 1.29 is 14.3 Å². The Labute approximate surface area is 174 Å². The van der Waals surface area contributed by atoms with Gasteiger partial charge in [-0.1, -0.05) is 0 Å². The van der Waals surface area contributed by atoms with Gasteiger partial charge in [0.25, 0.3) is 11.5 Å². The third-order valence-electron chi connectivity index (χ3n) is 5.71. The van der Waals surface area contributed by atoms with Crippen LogP contribution in [0, 0.1) is 0 Å². The highest BCUT2D eigenvalue weighted by molar-refractivity contribution is 5.94. The summed E-state index contributed by atoms with van der Waals surface area (Å²) in [6.07, 6.45) is 6.33. The molecule has 2 aliphatic heterocycles. The van der Waals surface area contributed by atoms with E-state index in [2.05, 4.69) is 9.97 Å². The van der Waals surface area contributed by atoms with E-state index < -0.39 is 0 Å². The summed E-state index contributed by atoms with van der Waals surface area (Å²) in [5, 5.41) is 0. The maximum Gasteiger partial charge on any atom is 0.256 e. The molecule has 158 valence electrons. The van der Waals surface area contributed by atoms with Crippen molar-refractivity contribution >= 4 is 11.8 Å². The van der Waals surface area contributed by atoms with Gasteiger partial charge in [0.1, 0.15) is 12.4 Å². The van der Waals surface area contributed by atoms with Gasteiger partial charge in [-0.05, 0) is 31.4 Å². The molecular formula is C21H25N5O4. The number of ether oxygens (including phenoxy) is 1. The van der Waals surface area contributed by atoms with Crippen molar-refractivity contribution in [1.29, 1.82) is 0 Å². The Bertz CT molecular complexity index is 991. The maximum absolute atomic E-state index is 13.1. The molecule has 0 aromatic carbocycles. The average Bonchev–Trinajstić information content (AvgIpc) is 2.79. The van der Waals surface area contributed by atoms with Crippen LogP contribution < -0.4 is 5.56 Å². The number of nitrogens with zero attached hydrogens (tertiary/aromatic N) is 4. The number of piperidine rings is 1. The molecule has 0 unspecified atom stereocenters. The van der Waals surface area contributed by atoms with Crippen molar-refractivity contribution in [3.8, 4) is 0 Å². The fourth-order valence-electron chi connectivity index (χ4n) is 4.15. The number of pyridine rings is 1. The molecular weight excluding hydrogens is 386 g/mol. The van der Waals surface area contributed by atoms with Crippen LogP contribution in [-0.4, -0.2) is 63.4 Å². The Morgan fingerprint density at radius 1 is 1.23 bits per heavy atom.